The van der Waals surface area contributed by atoms with Gasteiger partial charge in [-0.1, -0.05) is 61.2 Å². The van der Waals surface area contributed by atoms with Gasteiger partial charge in [0.25, 0.3) is 0 Å². The van der Waals surface area contributed by atoms with E-state index in [9.17, 15) is 0 Å². The van der Waals surface area contributed by atoms with E-state index < -0.39 is 0 Å². The monoisotopic (exact) mass is 550 g/mol. The molecule has 0 amide bonds. The summed E-state index contributed by atoms with van der Waals surface area (Å²) < 4.78 is 14.1. The van der Waals surface area contributed by atoms with E-state index >= 15 is 0 Å². The Labute approximate surface area is 220 Å². The Morgan fingerprint density at radius 1 is 1.06 bits per heavy atom. The van der Waals surface area contributed by atoms with E-state index in [0.717, 1.165) is 32.4 Å². The highest BCUT2D eigenvalue weighted by Crippen LogP contribution is 2.50. The summed E-state index contributed by atoms with van der Waals surface area (Å²) in [7, 11) is 0. The van der Waals surface area contributed by atoms with Gasteiger partial charge in [0.05, 0.1) is 9.86 Å². The number of benzene rings is 3. The van der Waals surface area contributed by atoms with Crippen molar-refractivity contribution in [3.63, 3.8) is 0 Å². The Hall–Kier alpha value is -2.31. The van der Waals surface area contributed by atoms with Crippen LogP contribution in [0, 0.1) is 0 Å². The molecule has 1 aliphatic carbocycles. The molecule has 1 saturated carbocycles. The summed E-state index contributed by atoms with van der Waals surface area (Å²) in [6.07, 6.45) is 2.20. The fraction of sp³-hybridized carbons (Fsp3) is 0.379. The second kappa shape index (κ2) is 9.62. The van der Waals surface area contributed by atoms with Gasteiger partial charge in [0.1, 0.15) is 17.2 Å². The molecule has 5 rings (SSSR count). The van der Waals surface area contributed by atoms with Crippen molar-refractivity contribution in [3.05, 3.63) is 64.1 Å². The molecule has 35 heavy (non-hydrogen) atoms. The third-order valence-electron chi connectivity index (χ3n) is 6.11. The first-order valence-electron chi connectivity index (χ1n) is 12.3. The third-order valence-corrected chi connectivity index (χ3v) is 7.65. The maximum Gasteiger partial charge on any atom is 0.226 e. The Morgan fingerprint density at radius 3 is 2.51 bits per heavy atom. The number of aromatic nitrogens is 2. The van der Waals surface area contributed by atoms with Gasteiger partial charge in [0.15, 0.2) is 10.9 Å². The molecular weight excluding hydrogens is 520 g/mol. The van der Waals surface area contributed by atoms with Gasteiger partial charge >= 0.3 is 0 Å². The summed E-state index contributed by atoms with van der Waals surface area (Å²) in [6, 6.07) is 17.0. The number of hydrogen-bond donors (Lipinski definition) is 0. The van der Waals surface area contributed by atoms with E-state index in [-0.39, 0.29) is 11.7 Å². The first-order valence-corrected chi connectivity index (χ1v) is 14.0. The lowest BCUT2D eigenvalue weighted by molar-refractivity contribution is 0.125. The van der Waals surface area contributed by atoms with Crippen LogP contribution in [0.1, 0.15) is 70.6 Å². The number of halogens is 1. The number of hydrogen-bond acceptors (Lipinski definition) is 5. The highest BCUT2D eigenvalue weighted by atomic mass is 79.9. The average molecular weight is 552 g/mol. The molecule has 0 aliphatic heterocycles. The minimum absolute atomic E-state index is 0.167. The summed E-state index contributed by atoms with van der Waals surface area (Å²) >= 11 is 5.52. The van der Waals surface area contributed by atoms with Gasteiger partial charge in [0.2, 0.25) is 5.88 Å². The summed E-state index contributed by atoms with van der Waals surface area (Å²) in [6.45, 7) is 10.4. The summed E-state index contributed by atoms with van der Waals surface area (Å²) in [5, 5.41) is 4.02. The predicted molar refractivity (Wildman–Crippen MR) is 149 cm³/mol. The van der Waals surface area contributed by atoms with Crippen LogP contribution in [0.25, 0.3) is 21.7 Å². The average Bonchev–Trinajstić information content (AvgIpc) is 3.65. The maximum absolute atomic E-state index is 6.79. The Morgan fingerprint density at radius 2 is 1.80 bits per heavy atom. The normalized spacial score (nSPS) is 14.9. The van der Waals surface area contributed by atoms with Crippen molar-refractivity contribution in [2.75, 3.05) is 5.75 Å². The van der Waals surface area contributed by atoms with Crippen molar-refractivity contribution in [3.8, 4) is 11.6 Å². The largest absolute Gasteiger partial charge is 0.483 e. The Bertz CT molecular complexity index is 1390. The SMILES string of the molecule is CCSc1nc(OC(C)(C)C)c2cc(C3CC3)c(Br)c(O[C@@H](C)c3cccc4ccccc34)c2n1. The van der Waals surface area contributed by atoms with E-state index in [1.165, 1.54) is 29.2 Å². The second-order valence-electron chi connectivity index (χ2n) is 10.1. The van der Waals surface area contributed by atoms with Gasteiger partial charge in [-0.15, -0.1) is 0 Å². The molecular formula is C29H31BrN2O2S. The lowest BCUT2D eigenvalue weighted by atomic mass is 10.0. The van der Waals surface area contributed by atoms with Gasteiger partial charge in [-0.05, 0) is 96.1 Å². The topological polar surface area (TPSA) is 44.2 Å². The molecule has 1 aliphatic rings. The van der Waals surface area contributed by atoms with Gasteiger partial charge < -0.3 is 9.47 Å². The minimum atomic E-state index is -0.375. The lowest BCUT2D eigenvalue weighted by Gasteiger charge is -2.24. The van der Waals surface area contributed by atoms with E-state index in [0.29, 0.717) is 17.0 Å². The summed E-state index contributed by atoms with van der Waals surface area (Å²) in [5.41, 5.74) is 2.82. The van der Waals surface area contributed by atoms with E-state index in [1.54, 1.807) is 11.8 Å². The van der Waals surface area contributed by atoms with Crippen LogP contribution in [-0.4, -0.2) is 21.3 Å². The molecule has 0 bridgehead atoms. The van der Waals surface area contributed by atoms with Crippen LogP contribution in [0.5, 0.6) is 11.6 Å². The number of fused-ring (bicyclic) bond motifs is 2. The van der Waals surface area contributed by atoms with Crippen LogP contribution in [0.4, 0.5) is 0 Å². The first kappa shape index (κ1) is 24.4. The van der Waals surface area contributed by atoms with E-state index in [1.807, 2.05) is 20.8 Å². The van der Waals surface area contributed by atoms with Crippen molar-refractivity contribution < 1.29 is 9.47 Å². The highest BCUT2D eigenvalue weighted by Gasteiger charge is 2.31. The fourth-order valence-corrected chi connectivity index (χ4v) is 5.67. The molecule has 4 aromatic rings. The van der Waals surface area contributed by atoms with Crippen molar-refractivity contribution >= 4 is 49.4 Å². The van der Waals surface area contributed by atoms with Crippen molar-refractivity contribution in [2.45, 2.75) is 70.2 Å². The summed E-state index contributed by atoms with van der Waals surface area (Å²) in [5.74, 6) is 2.79. The summed E-state index contributed by atoms with van der Waals surface area (Å²) in [4.78, 5) is 9.77. The number of nitrogens with zero attached hydrogens (tertiary/aromatic N) is 2. The molecule has 0 N–H and O–H groups in total. The lowest BCUT2D eigenvalue weighted by Crippen LogP contribution is -2.24. The Kier molecular flexibility index (Phi) is 6.71. The van der Waals surface area contributed by atoms with Crippen LogP contribution < -0.4 is 9.47 Å². The van der Waals surface area contributed by atoms with E-state index in [4.69, 9.17) is 19.4 Å². The third kappa shape index (κ3) is 5.14. The number of ether oxygens (including phenoxy) is 2. The zero-order valence-corrected chi connectivity index (χ0v) is 23.3. The molecule has 182 valence electrons. The Balaban J connectivity index is 1.69. The van der Waals surface area contributed by atoms with Crippen molar-refractivity contribution in [1.82, 2.24) is 9.97 Å². The second-order valence-corrected chi connectivity index (χ2v) is 12.1. The quantitative estimate of drug-likeness (QED) is 0.170. The van der Waals surface area contributed by atoms with Crippen LogP contribution in [0.2, 0.25) is 0 Å². The highest BCUT2D eigenvalue weighted by molar-refractivity contribution is 9.10. The molecule has 1 fully saturated rings. The predicted octanol–water partition coefficient (Wildman–Crippen LogP) is 8.85. The van der Waals surface area contributed by atoms with Gasteiger partial charge in [-0.25, -0.2) is 4.98 Å². The zero-order chi connectivity index (χ0) is 24.7. The first-order chi connectivity index (χ1) is 16.7. The molecule has 4 nitrogen and oxygen atoms in total. The minimum Gasteiger partial charge on any atom is -0.483 e. The molecule has 0 radical (unpaired) electrons. The smallest absolute Gasteiger partial charge is 0.226 e. The molecule has 1 heterocycles. The maximum atomic E-state index is 6.79. The molecule has 0 spiro atoms. The van der Waals surface area contributed by atoms with E-state index in [2.05, 4.69) is 78.3 Å². The van der Waals surface area contributed by atoms with Crippen LogP contribution in [0.15, 0.2) is 58.2 Å². The molecule has 1 atom stereocenters. The van der Waals surface area contributed by atoms with Crippen LogP contribution in [0.3, 0.4) is 0 Å². The van der Waals surface area contributed by atoms with Crippen LogP contribution >= 0.6 is 27.7 Å². The molecule has 0 saturated heterocycles. The zero-order valence-electron chi connectivity index (χ0n) is 20.9. The van der Waals surface area contributed by atoms with Gasteiger partial charge in [-0.3, -0.25) is 0 Å². The van der Waals surface area contributed by atoms with Crippen LogP contribution in [-0.2, 0) is 0 Å². The van der Waals surface area contributed by atoms with Gasteiger partial charge in [0, 0.05) is 0 Å². The molecule has 6 heteroatoms. The fourth-order valence-electron chi connectivity index (χ4n) is 4.39. The molecule has 3 aromatic carbocycles. The number of rotatable bonds is 7. The van der Waals surface area contributed by atoms with Crippen molar-refractivity contribution in [2.24, 2.45) is 0 Å². The molecule has 0 unspecified atom stereocenters. The van der Waals surface area contributed by atoms with Gasteiger partial charge in [-0.2, -0.15) is 4.98 Å². The number of thioether (sulfide) groups is 1. The standard InChI is InChI=1S/C29H31BrN2O2S/c1-6-35-28-31-25-23(27(32-28)34-29(3,4)5)16-22(19-14-15-19)24(30)26(25)33-17(2)20-13-9-11-18-10-7-8-12-21(18)20/h7-13,16-17,19H,6,14-15H2,1-5H3/t17-/m0/s1. The molecule has 1 aromatic heterocycles. The van der Waals surface area contributed by atoms with Crippen molar-refractivity contribution in [1.29, 1.82) is 0 Å².